The summed E-state index contributed by atoms with van der Waals surface area (Å²) >= 11 is 13.4. The number of amides is 1. The molecule has 1 atom stereocenters. The van der Waals surface area contributed by atoms with Crippen LogP contribution in [0.15, 0.2) is 30.5 Å². The molecule has 2 heterocycles. The van der Waals surface area contributed by atoms with Crippen molar-refractivity contribution in [2.75, 3.05) is 11.9 Å². The molecule has 1 amide bonds. The zero-order valence-corrected chi connectivity index (χ0v) is 16.9. The van der Waals surface area contributed by atoms with E-state index in [4.69, 9.17) is 23.2 Å². The Bertz CT molecular complexity index is 806. The number of halogens is 2. The Kier molecular flexibility index (Phi) is 6.70. The van der Waals surface area contributed by atoms with Crippen LogP contribution in [0.25, 0.3) is 6.08 Å². The van der Waals surface area contributed by atoms with Crippen LogP contribution in [-0.2, 0) is 11.3 Å². The number of nitrogens with zero attached hydrogens (tertiary/aromatic N) is 2. The predicted molar refractivity (Wildman–Crippen MR) is 110 cm³/mol. The first-order chi connectivity index (χ1) is 12.5. The van der Waals surface area contributed by atoms with Crippen LogP contribution in [0.1, 0.15) is 36.6 Å². The van der Waals surface area contributed by atoms with Gasteiger partial charge in [-0.1, -0.05) is 35.7 Å². The van der Waals surface area contributed by atoms with E-state index in [9.17, 15) is 4.79 Å². The molecule has 7 heteroatoms. The van der Waals surface area contributed by atoms with Gasteiger partial charge in [-0.15, -0.1) is 11.3 Å². The summed E-state index contributed by atoms with van der Waals surface area (Å²) in [4.78, 5) is 20.1. The normalized spacial score (nSPS) is 18.3. The van der Waals surface area contributed by atoms with Gasteiger partial charge < -0.3 is 0 Å². The topological polar surface area (TPSA) is 45.2 Å². The van der Waals surface area contributed by atoms with Crippen molar-refractivity contribution in [3.63, 3.8) is 0 Å². The Hall–Kier alpha value is -1.40. The van der Waals surface area contributed by atoms with Crippen molar-refractivity contribution in [3.8, 4) is 0 Å². The molecule has 1 aliphatic heterocycles. The standard InChI is InChI=1S/C19H21Cl2N3OS/c1-13-4-2-3-9-24(13)12-15-11-22-19(26-15)23-18(25)8-6-14-5-7-16(20)17(21)10-14/h5-8,10-11,13H,2-4,9,12H2,1H3,(H,22,23,25)/b8-6+. The molecule has 0 radical (unpaired) electrons. The van der Waals surface area contributed by atoms with Crippen LogP contribution in [0, 0.1) is 0 Å². The average molecular weight is 410 g/mol. The monoisotopic (exact) mass is 409 g/mol. The summed E-state index contributed by atoms with van der Waals surface area (Å²) in [6.07, 6.45) is 8.83. The molecule has 0 aliphatic carbocycles. The third kappa shape index (κ3) is 5.30. The van der Waals surface area contributed by atoms with E-state index in [1.165, 1.54) is 41.6 Å². The number of carbonyl (C=O) groups is 1. The van der Waals surface area contributed by atoms with Gasteiger partial charge in [-0.25, -0.2) is 4.98 Å². The second-order valence-corrected chi connectivity index (χ2v) is 8.37. The Balaban J connectivity index is 1.55. The highest BCUT2D eigenvalue weighted by Crippen LogP contribution is 2.25. The number of likely N-dealkylation sites (tertiary alicyclic amines) is 1. The number of carbonyl (C=O) groups excluding carboxylic acids is 1. The predicted octanol–water partition coefficient (Wildman–Crippen LogP) is 5.48. The number of aromatic nitrogens is 1. The van der Waals surface area contributed by atoms with Crippen LogP contribution >= 0.6 is 34.5 Å². The van der Waals surface area contributed by atoms with Crippen LogP contribution in [0.3, 0.4) is 0 Å². The fourth-order valence-corrected chi connectivity index (χ4v) is 4.11. The molecule has 0 spiro atoms. The molecule has 2 aromatic rings. The quantitative estimate of drug-likeness (QED) is 0.665. The fraction of sp³-hybridized carbons (Fsp3) is 0.368. The molecular formula is C19H21Cl2N3OS. The lowest BCUT2D eigenvalue weighted by Crippen LogP contribution is -2.36. The second kappa shape index (κ2) is 9.00. The molecule has 1 aromatic carbocycles. The summed E-state index contributed by atoms with van der Waals surface area (Å²) in [5.41, 5.74) is 0.813. The first-order valence-electron chi connectivity index (χ1n) is 8.64. The van der Waals surface area contributed by atoms with E-state index in [2.05, 4.69) is 22.1 Å². The molecule has 4 nitrogen and oxygen atoms in total. The van der Waals surface area contributed by atoms with Gasteiger partial charge in [0.2, 0.25) is 5.91 Å². The van der Waals surface area contributed by atoms with Crippen LogP contribution in [0.5, 0.6) is 0 Å². The van der Waals surface area contributed by atoms with Crippen molar-refractivity contribution in [3.05, 3.63) is 51.0 Å². The van der Waals surface area contributed by atoms with E-state index in [1.807, 2.05) is 6.20 Å². The zero-order valence-electron chi connectivity index (χ0n) is 14.5. The number of anilines is 1. The summed E-state index contributed by atoms with van der Waals surface area (Å²) < 4.78 is 0. The molecule has 0 saturated carbocycles. The van der Waals surface area contributed by atoms with Crippen molar-refractivity contribution < 1.29 is 4.79 Å². The molecule has 3 rings (SSSR count). The number of benzene rings is 1. The van der Waals surface area contributed by atoms with Crippen LogP contribution in [0.2, 0.25) is 10.0 Å². The second-order valence-electron chi connectivity index (χ2n) is 6.44. The van der Waals surface area contributed by atoms with E-state index in [1.54, 1.807) is 24.3 Å². The number of thiazole rings is 1. The van der Waals surface area contributed by atoms with Gasteiger partial charge in [-0.3, -0.25) is 15.0 Å². The van der Waals surface area contributed by atoms with Crippen molar-refractivity contribution in [2.24, 2.45) is 0 Å². The Morgan fingerprint density at radius 3 is 3.00 bits per heavy atom. The van der Waals surface area contributed by atoms with Crippen molar-refractivity contribution in [2.45, 2.75) is 38.8 Å². The molecule has 1 saturated heterocycles. The van der Waals surface area contributed by atoms with Gasteiger partial charge in [0.1, 0.15) is 0 Å². The highest BCUT2D eigenvalue weighted by atomic mass is 35.5. The van der Waals surface area contributed by atoms with E-state index in [0.717, 1.165) is 18.7 Å². The Morgan fingerprint density at radius 2 is 2.23 bits per heavy atom. The first-order valence-corrected chi connectivity index (χ1v) is 10.2. The average Bonchev–Trinajstić information content (AvgIpc) is 3.05. The zero-order chi connectivity index (χ0) is 18.5. The van der Waals surface area contributed by atoms with E-state index < -0.39 is 0 Å². The van der Waals surface area contributed by atoms with Crippen molar-refractivity contribution >= 4 is 51.7 Å². The smallest absolute Gasteiger partial charge is 0.250 e. The van der Waals surface area contributed by atoms with Gasteiger partial charge in [-0.05, 0) is 50.1 Å². The van der Waals surface area contributed by atoms with Gasteiger partial charge in [0.25, 0.3) is 0 Å². The summed E-state index contributed by atoms with van der Waals surface area (Å²) in [7, 11) is 0. The number of hydrogen-bond acceptors (Lipinski definition) is 4. The Morgan fingerprint density at radius 1 is 1.38 bits per heavy atom. The Labute approximate surface area is 167 Å². The van der Waals surface area contributed by atoms with Gasteiger partial charge in [-0.2, -0.15) is 0 Å². The summed E-state index contributed by atoms with van der Waals surface area (Å²) in [5, 5.41) is 4.39. The maximum atomic E-state index is 12.1. The van der Waals surface area contributed by atoms with Gasteiger partial charge in [0.05, 0.1) is 10.0 Å². The molecule has 0 bridgehead atoms. The highest BCUT2D eigenvalue weighted by Gasteiger charge is 2.19. The minimum absolute atomic E-state index is 0.219. The number of rotatable bonds is 5. The largest absolute Gasteiger partial charge is 0.298 e. The van der Waals surface area contributed by atoms with Crippen LogP contribution in [0.4, 0.5) is 5.13 Å². The molecule has 1 aromatic heterocycles. The first kappa shape index (κ1) is 19.4. The number of nitrogens with one attached hydrogen (secondary N) is 1. The van der Waals surface area contributed by atoms with Crippen LogP contribution < -0.4 is 5.32 Å². The van der Waals surface area contributed by atoms with Crippen LogP contribution in [-0.4, -0.2) is 28.4 Å². The van der Waals surface area contributed by atoms with E-state index >= 15 is 0 Å². The van der Waals surface area contributed by atoms with Gasteiger partial charge in [0, 0.05) is 29.7 Å². The molecule has 138 valence electrons. The lowest BCUT2D eigenvalue weighted by atomic mass is 10.0. The summed E-state index contributed by atoms with van der Waals surface area (Å²) in [6.45, 7) is 4.30. The fourth-order valence-electron chi connectivity index (χ4n) is 2.97. The molecule has 26 heavy (non-hydrogen) atoms. The summed E-state index contributed by atoms with van der Waals surface area (Å²) in [5.74, 6) is -0.219. The third-order valence-corrected chi connectivity index (χ3v) is 6.09. The van der Waals surface area contributed by atoms with Crippen molar-refractivity contribution in [1.29, 1.82) is 0 Å². The third-order valence-electron chi connectivity index (χ3n) is 4.45. The van der Waals surface area contributed by atoms with E-state index in [-0.39, 0.29) is 5.91 Å². The lowest BCUT2D eigenvalue weighted by Gasteiger charge is -2.32. The maximum Gasteiger partial charge on any atom is 0.250 e. The summed E-state index contributed by atoms with van der Waals surface area (Å²) in [6, 6.07) is 5.84. The maximum absolute atomic E-state index is 12.1. The molecule has 1 fully saturated rings. The number of piperidine rings is 1. The van der Waals surface area contributed by atoms with E-state index in [0.29, 0.717) is 21.2 Å². The molecule has 1 unspecified atom stereocenters. The number of hydrogen-bond donors (Lipinski definition) is 1. The molecule has 1 aliphatic rings. The SMILES string of the molecule is CC1CCCCN1Cc1cnc(NC(=O)/C=C/c2ccc(Cl)c(Cl)c2)s1. The molecular weight excluding hydrogens is 389 g/mol. The van der Waals surface area contributed by atoms with Gasteiger partial charge >= 0.3 is 0 Å². The minimum Gasteiger partial charge on any atom is -0.298 e. The minimum atomic E-state index is -0.219. The van der Waals surface area contributed by atoms with Gasteiger partial charge in [0.15, 0.2) is 5.13 Å². The molecule has 1 N–H and O–H groups in total. The highest BCUT2D eigenvalue weighted by molar-refractivity contribution is 7.15. The van der Waals surface area contributed by atoms with Crippen molar-refractivity contribution in [1.82, 2.24) is 9.88 Å². The lowest BCUT2D eigenvalue weighted by molar-refractivity contribution is -0.111.